The van der Waals surface area contributed by atoms with E-state index in [1.165, 1.54) is 18.4 Å². The second kappa shape index (κ2) is 5.22. The summed E-state index contributed by atoms with van der Waals surface area (Å²) in [5.41, 5.74) is 0.480. The van der Waals surface area contributed by atoms with Crippen LogP contribution in [0.3, 0.4) is 0 Å². The quantitative estimate of drug-likeness (QED) is 0.912. The van der Waals surface area contributed by atoms with Crippen molar-refractivity contribution in [2.24, 2.45) is 0 Å². The van der Waals surface area contributed by atoms with E-state index in [4.69, 9.17) is 4.74 Å². The van der Waals surface area contributed by atoms with Crippen LogP contribution in [0.1, 0.15) is 21.2 Å². The van der Waals surface area contributed by atoms with E-state index in [-0.39, 0.29) is 11.5 Å². The van der Waals surface area contributed by atoms with E-state index < -0.39 is 5.97 Å². The molecule has 20 heavy (non-hydrogen) atoms. The van der Waals surface area contributed by atoms with Crippen molar-refractivity contribution in [1.29, 1.82) is 0 Å². The maximum absolute atomic E-state index is 11.2. The number of ether oxygens (including phenoxy) is 1. The predicted molar refractivity (Wildman–Crippen MR) is 73.1 cm³/mol. The van der Waals surface area contributed by atoms with Crippen molar-refractivity contribution < 1.29 is 14.6 Å². The number of rotatable bonds is 4. The summed E-state index contributed by atoms with van der Waals surface area (Å²) in [5.74, 6) is 0.0101. The number of methoxy groups -OCH3 is 1. The van der Waals surface area contributed by atoms with Crippen molar-refractivity contribution in [3.8, 4) is 0 Å². The molecule has 1 aliphatic rings. The van der Waals surface area contributed by atoms with Crippen LogP contribution in [-0.2, 0) is 24.4 Å². The Morgan fingerprint density at radius 2 is 2.40 bits per heavy atom. The Labute approximate surface area is 119 Å². The Morgan fingerprint density at radius 3 is 3.15 bits per heavy atom. The van der Waals surface area contributed by atoms with E-state index in [2.05, 4.69) is 19.4 Å². The van der Waals surface area contributed by atoms with Crippen molar-refractivity contribution in [1.82, 2.24) is 14.5 Å². The van der Waals surface area contributed by atoms with E-state index in [1.54, 1.807) is 6.20 Å². The number of hydrogen-bond donors (Lipinski definition) is 1. The van der Waals surface area contributed by atoms with Gasteiger partial charge in [0, 0.05) is 32.6 Å². The summed E-state index contributed by atoms with van der Waals surface area (Å²) in [4.78, 5) is 22.2. The topological polar surface area (TPSA) is 80.5 Å². The molecule has 2 aromatic rings. The van der Waals surface area contributed by atoms with Crippen LogP contribution in [-0.4, -0.2) is 39.3 Å². The average Bonchev–Trinajstić information content (AvgIpc) is 3.04. The third-order valence-electron chi connectivity index (χ3n) is 3.18. The second-order valence-corrected chi connectivity index (χ2v) is 5.45. The highest BCUT2D eigenvalue weighted by Crippen LogP contribution is 2.29. The number of carboxylic acids is 1. The van der Waals surface area contributed by atoms with Gasteiger partial charge in [0.15, 0.2) is 5.13 Å². The largest absolute Gasteiger partial charge is 0.477 e. The SMILES string of the molecule is COCc1nc(N2CCn3ccnc3C2)sc1C(=O)O. The number of aromatic carboxylic acids is 1. The molecule has 0 radical (unpaired) electrons. The van der Waals surface area contributed by atoms with Gasteiger partial charge in [-0.2, -0.15) is 0 Å². The molecule has 0 amide bonds. The van der Waals surface area contributed by atoms with Crippen molar-refractivity contribution in [3.05, 3.63) is 28.8 Å². The van der Waals surface area contributed by atoms with Crippen LogP contribution in [0.15, 0.2) is 12.4 Å². The lowest BCUT2D eigenvalue weighted by Gasteiger charge is -2.27. The Kier molecular flexibility index (Phi) is 3.41. The first-order chi connectivity index (χ1) is 9.69. The molecule has 1 N–H and O–H groups in total. The molecular weight excluding hydrogens is 280 g/mol. The Bertz CT molecular complexity index is 636. The zero-order valence-corrected chi connectivity index (χ0v) is 11.8. The highest BCUT2D eigenvalue weighted by molar-refractivity contribution is 7.17. The zero-order chi connectivity index (χ0) is 14.1. The molecular formula is C12H14N4O3S. The van der Waals surface area contributed by atoms with Gasteiger partial charge in [0.05, 0.1) is 18.8 Å². The smallest absolute Gasteiger partial charge is 0.347 e. The first-order valence-corrected chi connectivity index (χ1v) is 6.97. The van der Waals surface area contributed by atoms with Crippen LogP contribution in [0.4, 0.5) is 5.13 Å². The molecule has 8 heteroatoms. The van der Waals surface area contributed by atoms with Gasteiger partial charge in [-0.05, 0) is 0 Å². The molecule has 0 atom stereocenters. The molecule has 0 fully saturated rings. The molecule has 3 heterocycles. The fourth-order valence-electron chi connectivity index (χ4n) is 2.21. The molecule has 106 valence electrons. The Hall–Kier alpha value is -1.93. The number of carboxylic acid groups (broad SMARTS) is 1. The van der Waals surface area contributed by atoms with Gasteiger partial charge >= 0.3 is 5.97 Å². The molecule has 7 nitrogen and oxygen atoms in total. The molecule has 0 saturated heterocycles. The number of fused-ring (bicyclic) bond motifs is 1. The van der Waals surface area contributed by atoms with E-state index in [9.17, 15) is 9.90 Å². The summed E-state index contributed by atoms with van der Waals surface area (Å²) in [5, 5.41) is 9.92. The lowest BCUT2D eigenvalue weighted by atomic mass is 10.3. The first kappa shape index (κ1) is 13.1. The summed E-state index contributed by atoms with van der Waals surface area (Å²) in [7, 11) is 1.53. The molecule has 0 aliphatic carbocycles. The maximum atomic E-state index is 11.2. The van der Waals surface area contributed by atoms with Crippen LogP contribution < -0.4 is 4.90 Å². The van der Waals surface area contributed by atoms with Crippen LogP contribution in [0, 0.1) is 0 Å². The monoisotopic (exact) mass is 294 g/mol. The van der Waals surface area contributed by atoms with E-state index in [1.807, 2.05) is 6.20 Å². The van der Waals surface area contributed by atoms with Crippen LogP contribution in [0.25, 0.3) is 0 Å². The van der Waals surface area contributed by atoms with Gasteiger partial charge in [0.1, 0.15) is 10.7 Å². The van der Waals surface area contributed by atoms with E-state index in [0.29, 0.717) is 17.4 Å². The second-order valence-electron chi connectivity index (χ2n) is 4.47. The van der Waals surface area contributed by atoms with Crippen molar-refractivity contribution >= 4 is 22.4 Å². The fourth-order valence-corrected chi connectivity index (χ4v) is 3.15. The standard InChI is InChI=1S/C12H14N4O3S/c1-19-7-8-10(11(17)18)20-12(14-8)16-5-4-15-3-2-13-9(15)6-16/h2-3H,4-7H2,1H3,(H,17,18). The molecule has 0 unspecified atom stereocenters. The number of nitrogens with zero attached hydrogens (tertiary/aromatic N) is 4. The summed E-state index contributed by atoms with van der Waals surface area (Å²) in [6, 6.07) is 0. The van der Waals surface area contributed by atoms with Gasteiger partial charge in [-0.15, -0.1) is 0 Å². The maximum Gasteiger partial charge on any atom is 0.347 e. The lowest BCUT2D eigenvalue weighted by Crippen LogP contribution is -2.33. The summed E-state index contributed by atoms with van der Waals surface area (Å²) in [6.07, 6.45) is 3.73. The molecule has 0 bridgehead atoms. The summed E-state index contributed by atoms with van der Waals surface area (Å²) in [6.45, 7) is 2.48. The predicted octanol–water partition coefficient (Wildman–Crippen LogP) is 1.20. The zero-order valence-electron chi connectivity index (χ0n) is 10.9. The minimum atomic E-state index is -0.959. The minimum Gasteiger partial charge on any atom is -0.477 e. The van der Waals surface area contributed by atoms with Crippen LogP contribution >= 0.6 is 11.3 Å². The normalized spacial score (nSPS) is 14.3. The number of hydrogen-bond acceptors (Lipinski definition) is 6. The fraction of sp³-hybridized carbons (Fsp3) is 0.417. The number of anilines is 1. The van der Waals surface area contributed by atoms with Crippen molar-refractivity contribution in [2.75, 3.05) is 18.6 Å². The molecule has 0 aromatic carbocycles. The van der Waals surface area contributed by atoms with E-state index >= 15 is 0 Å². The Balaban J connectivity index is 1.88. The average molecular weight is 294 g/mol. The van der Waals surface area contributed by atoms with Gasteiger partial charge in [-0.25, -0.2) is 14.8 Å². The highest BCUT2D eigenvalue weighted by atomic mass is 32.1. The van der Waals surface area contributed by atoms with Gasteiger partial charge in [0.25, 0.3) is 0 Å². The minimum absolute atomic E-state index is 0.209. The van der Waals surface area contributed by atoms with Gasteiger partial charge in [0.2, 0.25) is 0 Å². The summed E-state index contributed by atoms with van der Waals surface area (Å²) >= 11 is 1.19. The summed E-state index contributed by atoms with van der Waals surface area (Å²) < 4.78 is 7.10. The molecule has 1 aliphatic heterocycles. The third kappa shape index (κ3) is 2.27. The van der Waals surface area contributed by atoms with Crippen LogP contribution in [0.2, 0.25) is 0 Å². The molecule has 2 aromatic heterocycles. The first-order valence-electron chi connectivity index (χ1n) is 6.16. The van der Waals surface area contributed by atoms with Crippen molar-refractivity contribution in [3.63, 3.8) is 0 Å². The van der Waals surface area contributed by atoms with Gasteiger partial charge in [-0.1, -0.05) is 11.3 Å². The van der Waals surface area contributed by atoms with Gasteiger partial charge < -0.3 is 19.3 Å². The number of imidazole rings is 1. The highest BCUT2D eigenvalue weighted by Gasteiger charge is 2.23. The number of carbonyl (C=O) groups is 1. The van der Waals surface area contributed by atoms with E-state index in [0.717, 1.165) is 18.9 Å². The van der Waals surface area contributed by atoms with Gasteiger partial charge in [-0.3, -0.25) is 0 Å². The number of thiazole rings is 1. The molecule has 3 rings (SSSR count). The number of aromatic nitrogens is 3. The van der Waals surface area contributed by atoms with Crippen LogP contribution in [0.5, 0.6) is 0 Å². The molecule has 0 spiro atoms. The molecule has 0 saturated carbocycles. The van der Waals surface area contributed by atoms with Crippen molar-refractivity contribution in [2.45, 2.75) is 19.7 Å². The third-order valence-corrected chi connectivity index (χ3v) is 4.32. The Morgan fingerprint density at radius 1 is 1.55 bits per heavy atom. The lowest BCUT2D eigenvalue weighted by molar-refractivity contribution is 0.0697.